The molecular formula is C36H61NO6. The van der Waals surface area contributed by atoms with E-state index in [1.54, 1.807) is 0 Å². The number of rotatable bonds is 7. The lowest BCUT2D eigenvalue weighted by Crippen LogP contribution is -2.60. The number of fused-ring (bicyclic) bond motifs is 4. The summed E-state index contributed by atoms with van der Waals surface area (Å²) in [5, 5.41) is 26.4. The van der Waals surface area contributed by atoms with Crippen molar-refractivity contribution in [2.24, 2.45) is 50.7 Å². The lowest BCUT2D eigenvalue weighted by Gasteiger charge is -2.63. The number of hydrogen-bond acceptors (Lipinski definition) is 6. The fraction of sp³-hybridized carbons (Fsp3) is 0.972. The Morgan fingerprint density at radius 3 is 2.37 bits per heavy atom. The molecule has 246 valence electrons. The van der Waals surface area contributed by atoms with Crippen LogP contribution in [-0.4, -0.2) is 65.6 Å². The molecule has 5 saturated carbocycles. The number of hydrogen-bond donors (Lipinski definition) is 3. The molecule has 7 nitrogen and oxygen atoms in total. The standard InChI is InChI=1S/C36H61NO6/c1-10-18-37-30(39)43-25-14-15-35-20-36(35)17-16-33(8)26-21(3)19-22(29(41-11-2)32(6,7)40)42-27(26)28(38)34(33,9)24(36)13-12-23(35)31(25,4)5/h21-29,38,40H,10-20H2,1-9H3,(H,37,39)/t21-,22?,23+,24?,25+,26+,27?,28+,29+,33-,34-,35-,36+/m1/s1. The number of carbonyl (C=O) groups is 1. The van der Waals surface area contributed by atoms with E-state index < -0.39 is 17.8 Å². The summed E-state index contributed by atoms with van der Waals surface area (Å²) in [5.41, 5.74) is -0.785. The number of amides is 1. The van der Waals surface area contributed by atoms with Crippen LogP contribution in [0, 0.1) is 50.7 Å². The zero-order valence-electron chi connectivity index (χ0n) is 28.5. The maximum Gasteiger partial charge on any atom is 0.407 e. The molecule has 0 radical (unpaired) electrons. The van der Waals surface area contributed by atoms with Crippen LogP contribution < -0.4 is 5.32 Å². The molecule has 6 aliphatic rings. The molecule has 1 amide bonds. The van der Waals surface area contributed by atoms with Crippen molar-refractivity contribution in [2.45, 2.75) is 156 Å². The zero-order valence-corrected chi connectivity index (χ0v) is 28.5. The second-order valence-corrected chi connectivity index (χ2v) is 17.4. The van der Waals surface area contributed by atoms with Crippen LogP contribution in [0.2, 0.25) is 0 Å². The van der Waals surface area contributed by atoms with Crippen molar-refractivity contribution in [2.75, 3.05) is 13.2 Å². The average Bonchev–Trinajstić information content (AvgIpc) is 3.56. The molecule has 1 heterocycles. The Morgan fingerprint density at radius 1 is 1.05 bits per heavy atom. The molecule has 6 fully saturated rings. The molecule has 0 aromatic carbocycles. The molecule has 13 atom stereocenters. The normalized spacial score (nSPS) is 50.3. The molecular weight excluding hydrogens is 542 g/mol. The Hall–Kier alpha value is -0.890. The van der Waals surface area contributed by atoms with Gasteiger partial charge in [-0.1, -0.05) is 41.5 Å². The van der Waals surface area contributed by atoms with Gasteiger partial charge in [-0.3, -0.25) is 0 Å². The largest absolute Gasteiger partial charge is 0.446 e. The van der Waals surface area contributed by atoms with E-state index in [2.05, 4.69) is 46.9 Å². The number of aliphatic hydroxyl groups is 2. The summed E-state index contributed by atoms with van der Waals surface area (Å²) in [7, 11) is 0. The van der Waals surface area contributed by atoms with Gasteiger partial charge in [0.05, 0.1) is 23.9 Å². The van der Waals surface area contributed by atoms with E-state index in [-0.39, 0.29) is 51.5 Å². The van der Waals surface area contributed by atoms with E-state index in [0.717, 1.165) is 44.9 Å². The van der Waals surface area contributed by atoms with Gasteiger partial charge < -0.3 is 29.7 Å². The van der Waals surface area contributed by atoms with Gasteiger partial charge in [-0.25, -0.2) is 4.79 Å². The number of nitrogens with one attached hydrogen (secondary N) is 1. The maximum absolute atomic E-state index is 12.6. The van der Waals surface area contributed by atoms with Crippen molar-refractivity contribution in [1.82, 2.24) is 5.32 Å². The molecule has 3 N–H and O–H groups in total. The summed E-state index contributed by atoms with van der Waals surface area (Å²) < 4.78 is 19.1. The van der Waals surface area contributed by atoms with Crippen molar-refractivity contribution < 1.29 is 29.2 Å². The van der Waals surface area contributed by atoms with Gasteiger partial charge in [0.15, 0.2) is 0 Å². The summed E-state index contributed by atoms with van der Waals surface area (Å²) in [6.07, 6.45) is 7.91. The number of ether oxygens (including phenoxy) is 3. The predicted octanol–water partition coefficient (Wildman–Crippen LogP) is 6.48. The first kappa shape index (κ1) is 32.1. The first-order chi connectivity index (χ1) is 20.0. The van der Waals surface area contributed by atoms with Crippen molar-refractivity contribution in [3.05, 3.63) is 0 Å². The summed E-state index contributed by atoms with van der Waals surface area (Å²) in [5.74, 6) is 1.66. The molecule has 43 heavy (non-hydrogen) atoms. The lowest BCUT2D eigenvalue weighted by molar-refractivity contribution is -0.215. The molecule has 2 spiro atoms. The van der Waals surface area contributed by atoms with E-state index in [0.29, 0.717) is 36.8 Å². The Kier molecular flexibility index (Phi) is 7.69. The molecule has 0 aromatic rings. The van der Waals surface area contributed by atoms with Crippen LogP contribution in [-0.2, 0) is 14.2 Å². The summed E-state index contributed by atoms with van der Waals surface area (Å²) in [4.78, 5) is 12.6. The topological polar surface area (TPSA) is 97.3 Å². The van der Waals surface area contributed by atoms with Crippen LogP contribution in [0.4, 0.5) is 4.79 Å². The lowest BCUT2D eigenvalue weighted by atomic mass is 9.41. The molecule has 0 bridgehead atoms. The minimum Gasteiger partial charge on any atom is -0.446 e. The third kappa shape index (κ3) is 4.22. The highest BCUT2D eigenvalue weighted by molar-refractivity contribution is 5.67. The van der Waals surface area contributed by atoms with Gasteiger partial charge in [-0.2, -0.15) is 0 Å². The van der Waals surface area contributed by atoms with Crippen LogP contribution in [0.1, 0.15) is 120 Å². The Labute approximate surface area is 260 Å². The predicted molar refractivity (Wildman–Crippen MR) is 166 cm³/mol. The molecule has 1 saturated heterocycles. The van der Waals surface area contributed by atoms with Crippen molar-refractivity contribution in [1.29, 1.82) is 0 Å². The highest BCUT2D eigenvalue weighted by Crippen LogP contribution is 2.89. The van der Waals surface area contributed by atoms with Crippen molar-refractivity contribution >= 4 is 6.09 Å². The maximum atomic E-state index is 12.6. The molecule has 5 aliphatic carbocycles. The molecule has 1 aliphatic heterocycles. The third-order valence-corrected chi connectivity index (χ3v) is 14.9. The zero-order chi connectivity index (χ0) is 31.4. The summed E-state index contributed by atoms with van der Waals surface area (Å²) in [6.45, 7) is 20.8. The van der Waals surface area contributed by atoms with E-state index >= 15 is 0 Å². The number of alkyl carbamates (subject to hydrolysis) is 1. The van der Waals surface area contributed by atoms with E-state index in [4.69, 9.17) is 14.2 Å². The highest BCUT2D eigenvalue weighted by atomic mass is 16.6. The number of aliphatic hydroxyl groups excluding tert-OH is 1. The van der Waals surface area contributed by atoms with Gasteiger partial charge in [0, 0.05) is 24.0 Å². The SMILES string of the molecule is CCCNC(=O)O[C@H]1CC[C@]23C[C@]24CC[C@]2(C)[C@@H]5C(OC([C@H](OCC)C(C)(C)O)C[C@H]5C)[C@H](O)[C@@]2(C)C4CC[C@H]3C1(C)C. The highest BCUT2D eigenvalue weighted by Gasteiger charge is 2.84. The molecule has 7 heteroatoms. The fourth-order valence-electron chi connectivity index (χ4n) is 13.1. The van der Waals surface area contributed by atoms with Crippen LogP contribution in [0.5, 0.6) is 0 Å². The van der Waals surface area contributed by atoms with Crippen molar-refractivity contribution in [3.8, 4) is 0 Å². The second kappa shape index (κ2) is 10.3. The van der Waals surface area contributed by atoms with Crippen LogP contribution in [0.3, 0.4) is 0 Å². The number of carbonyl (C=O) groups excluding carboxylic acids is 1. The third-order valence-electron chi connectivity index (χ3n) is 14.9. The van der Waals surface area contributed by atoms with Crippen LogP contribution in [0.15, 0.2) is 0 Å². The van der Waals surface area contributed by atoms with E-state index in [1.807, 2.05) is 20.8 Å². The Morgan fingerprint density at radius 2 is 1.72 bits per heavy atom. The van der Waals surface area contributed by atoms with Gasteiger partial charge in [0.25, 0.3) is 0 Å². The quantitative estimate of drug-likeness (QED) is 0.308. The van der Waals surface area contributed by atoms with Gasteiger partial charge in [-0.05, 0) is 118 Å². The summed E-state index contributed by atoms with van der Waals surface area (Å²) >= 11 is 0. The van der Waals surface area contributed by atoms with Crippen LogP contribution >= 0.6 is 0 Å². The molecule has 0 aromatic heterocycles. The smallest absolute Gasteiger partial charge is 0.407 e. The van der Waals surface area contributed by atoms with Crippen LogP contribution in [0.25, 0.3) is 0 Å². The van der Waals surface area contributed by atoms with Crippen molar-refractivity contribution in [3.63, 3.8) is 0 Å². The first-order valence-electron chi connectivity index (χ1n) is 17.7. The monoisotopic (exact) mass is 603 g/mol. The van der Waals surface area contributed by atoms with Gasteiger partial charge in [0.1, 0.15) is 12.2 Å². The Bertz CT molecular complexity index is 1090. The van der Waals surface area contributed by atoms with E-state index in [1.165, 1.54) is 12.8 Å². The van der Waals surface area contributed by atoms with Gasteiger partial charge in [0.2, 0.25) is 0 Å². The van der Waals surface area contributed by atoms with E-state index in [9.17, 15) is 15.0 Å². The minimum absolute atomic E-state index is 0.00293. The molecule has 6 rings (SSSR count). The average molecular weight is 604 g/mol. The first-order valence-corrected chi connectivity index (χ1v) is 17.7. The Balaban J connectivity index is 1.27. The minimum atomic E-state index is -1.02. The molecule has 3 unspecified atom stereocenters. The van der Waals surface area contributed by atoms with Gasteiger partial charge >= 0.3 is 6.09 Å². The fourth-order valence-corrected chi connectivity index (χ4v) is 13.1. The van der Waals surface area contributed by atoms with Gasteiger partial charge in [-0.15, -0.1) is 0 Å². The second-order valence-electron chi connectivity index (χ2n) is 17.4. The summed E-state index contributed by atoms with van der Waals surface area (Å²) in [6, 6.07) is 0.